The van der Waals surface area contributed by atoms with Gasteiger partial charge in [0.25, 0.3) is 0 Å². The number of benzene rings is 1. The molecule has 0 bridgehead atoms. The van der Waals surface area contributed by atoms with E-state index in [4.69, 9.17) is 4.74 Å². The van der Waals surface area contributed by atoms with Gasteiger partial charge in [0, 0.05) is 23.9 Å². The van der Waals surface area contributed by atoms with E-state index < -0.39 is 12.6 Å². The predicted octanol–water partition coefficient (Wildman–Crippen LogP) is 3.68. The van der Waals surface area contributed by atoms with Crippen molar-refractivity contribution in [1.82, 2.24) is 5.32 Å². The van der Waals surface area contributed by atoms with Crippen LogP contribution in [0.2, 0.25) is 0 Å². The van der Waals surface area contributed by atoms with Crippen molar-refractivity contribution in [3.05, 3.63) is 28.2 Å². The SMILES string of the molecule is FC(F)(F)CCCNCC1Cc2cc(Br)ccc2O1. The Kier molecular flexibility index (Phi) is 4.73. The van der Waals surface area contributed by atoms with Gasteiger partial charge in [-0.2, -0.15) is 13.2 Å². The topological polar surface area (TPSA) is 21.3 Å². The van der Waals surface area contributed by atoms with Crippen molar-refractivity contribution < 1.29 is 17.9 Å². The summed E-state index contributed by atoms with van der Waals surface area (Å²) in [4.78, 5) is 0. The molecule has 0 radical (unpaired) electrons. The number of ether oxygens (including phenoxy) is 1. The van der Waals surface area contributed by atoms with Crippen molar-refractivity contribution in [3.63, 3.8) is 0 Å². The van der Waals surface area contributed by atoms with E-state index in [-0.39, 0.29) is 12.5 Å². The summed E-state index contributed by atoms with van der Waals surface area (Å²) in [5, 5.41) is 3.01. The van der Waals surface area contributed by atoms with Crippen molar-refractivity contribution in [1.29, 1.82) is 0 Å². The van der Waals surface area contributed by atoms with Crippen LogP contribution in [0.15, 0.2) is 22.7 Å². The molecular formula is C13H15BrF3NO. The Morgan fingerprint density at radius 3 is 2.89 bits per heavy atom. The zero-order valence-corrected chi connectivity index (χ0v) is 11.9. The van der Waals surface area contributed by atoms with E-state index in [1.165, 1.54) is 0 Å². The van der Waals surface area contributed by atoms with Crippen molar-refractivity contribution in [2.24, 2.45) is 0 Å². The first-order valence-electron chi connectivity index (χ1n) is 6.16. The second kappa shape index (κ2) is 6.13. The van der Waals surface area contributed by atoms with Gasteiger partial charge in [-0.1, -0.05) is 15.9 Å². The summed E-state index contributed by atoms with van der Waals surface area (Å²) < 4.78 is 42.5. The van der Waals surface area contributed by atoms with Crippen LogP contribution in [0.1, 0.15) is 18.4 Å². The van der Waals surface area contributed by atoms with Crippen LogP contribution < -0.4 is 10.1 Å². The number of hydrogen-bond acceptors (Lipinski definition) is 2. The van der Waals surface area contributed by atoms with Crippen LogP contribution in [0.5, 0.6) is 5.75 Å². The third-order valence-electron chi connectivity index (χ3n) is 2.95. The highest BCUT2D eigenvalue weighted by molar-refractivity contribution is 9.10. The summed E-state index contributed by atoms with van der Waals surface area (Å²) in [6.07, 6.45) is -3.89. The first-order valence-corrected chi connectivity index (χ1v) is 6.96. The number of rotatable bonds is 5. The molecule has 6 heteroatoms. The molecule has 19 heavy (non-hydrogen) atoms. The maximum atomic E-state index is 11.9. The Balaban J connectivity index is 1.67. The van der Waals surface area contributed by atoms with Crippen LogP contribution in [0.25, 0.3) is 0 Å². The van der Waals surface area contributed by atoms with Crippen LogP contribution in [0.4, 0.5) is 13.2 Å². The summed E-state index contributed by atoms with van der Waals surface area (Å²) in [5.41, 5.74) is 1.14. The van der Waals surface area contributed by atoms with E-state index in [9.17, 15) is 13.2 Å². The molecular weight excluding hydrogens is 323 g/mol. The number of nitrogens with one attached hydrogen (secondary N) is 1. The minimum atomic E-state index is -4.06. The Morgan fingerprint density at radius 1 is 1.37 bits per heavy atom. The van der Waals surface area contributed by atoms with E-state index in [1.807, 2.05) is 18.2 Å². The molecule has 1 heterocycles. The molecule has 1 atom stereocenters. The molecule has 0 saturated carbocycles. The van der Waals surface area contributed by atoms with Crippen molar-refractivity contribution in [2.45, 2.75) is 31.5 Å². The molecule has 1 aliphatic heterocycles. The zero-order valence-electron chi connectivity index (χ0n) is 10.3. The zero-order chi connectivity index (χ0) is 13.9. The van der Waals surface area contributed by atoms with E-state index in [2.05, 4.69) is 21.2 Å². The molecule has 1 N–H and O–H groups in total. The Bertz CT molecular complexity index is 436. The standard InChI is InChI=1S/C13H15BrF3NO/c14-10-2-3-12-9(6-10)7-11(19-12)8-18-5-1-4-13(15,16)17/h2-3,6,11,18H,1,4-5,7-8H2. The van der Waals surface area contributed by atoms with Crippen LogP contribution in [-0.2, 0) is 6.42 Å². The van der Waals surface area contributed by atoms with Gasteiger partial charge < -0.3 is 10.1 Å². The molecule has 1 aromatic carbocycles. The lowest BCUT2D eigenvalue weighted by Gasteiger charge is -2.12. The maximum absolute atomic E-state index is 11.9. The summed E-state index contributed by atoms with van der Waals surface area (Å²) in [6.45, 7) is 0.934. The number of hydrogen-bond donors (Lipinski definition) is 1. The molecule has 1 unspecified atom stereocenters. The first-order chi connectivity index (χ1) is 8.94. The average Bonchev–Trinajstić information content (AvgIpc) is 2.68. The highest BCUT2D eigenvalue weighted by Crippen LogP contribution is 2.30. The highest BCUT2D eigenvalue weighted by atomic mass is 79.9. The molecule has 0 saturated heterocycles. The lowest BCUT2D eigenvalue weighted by atomic mass is 10.1. The summed E-state index contributed by atoms with van der Waals surface area (Å²) >= 11 is 3.40. The fourth-order valence-corrected chi connectivity index (χ4v) is 2.49. The van der Waals surface area contributed by atoms with Gasteiger partial charge in [-0.3, -0.25) is 0 Å². The van der Waals surface area contributed by atoms with Gasteiger partial charge in [0.15, 0.2) is 0 Å². The lowest BCUT2D eigenvalue weighted by Crippen LogP contribution is -2.31. The van der Waals surface area contributed by atoms with Crippen molar-refractivity contribution in [3.8, 4) is 5.75 Å². The molecule has 0 spiro atoms. The second-order valence-electron chi connectivity index (χ2n) is 4.62. The fourth-order valence-electron chi connectivity index (χ4n) is 2.08. The van der Waals surface area contributed by atoms with Crippen LogP contribution in [0.3, 0.4) is 0 Å². The molecule has 0 aliphatic carbocycles. The summed E-state index contributed by atoms with van der Waals surface area (Å²) in [7, 11) is 0. The molecule has 0 fully saturated rings. The van der Waals surface area contributed by atoms with Crippen molar-refractivity contribution >= 4 is 15.9 Å². The van der Waals surface area contributed by atoms with Crippen LogP contribution in [0, 0.1) is 0 Å². The smallest absolute Gasteiger partial charge is 0.389 e. The van der Waals surface area contributed by atoms with Gasteiger partial charge in [-0.25, -0.2) is 0 Å². The molecule has 106 valence electrons. The van der Waals surface area contributed by atoms with E-state index >= 15 is 0 Å². The summed E-state index contributed by atoms with van der Waals surface area (Å²) in [5.74, 6) is 0.866. The average molecular weight is 338 g/mol. The molecule has 1 aromatic rings. The van der Waals surface area contributed by atoms with Gasteiger partial charge in [0.1, 0.15) is 11.9 Å². The number of fused-ring (bicyclic) bond motifs is 1. The monoisotopic (exact) mass is 337 g/mol. The van der Waals surface area contributed by atoms with Gasteiger partial charge >= 0.3 is 6.18 Å². The molecule has 2 nitrogen and oxygen atoms in total. The van der Waals surface area contributed by atoms with Crippen LogP contribution in [-0.4, -0.2) is 25.4 Å². The lowest BCUT2D eigenvalue weighted by molar-refractivity contribution is -0.135. The third kappa shape index (κ3) is 4.69. The van der Waals surface area contributed by atoms with Crippen molar-refractivity contribution in [2.75, 3.05) is 13.1 Å². The molecule has 0 aromatic heterocycles. The fraction of sp³-hybridized carbons (Fsp3) is 0.538. The van der Waals surface area contributed by atoms with E-state index in [1.54, 1.807) is 0 Å². The van der Waals surface area contributed by atoms with E-state index in [0.717, 1.165) is 22.2 Å². The van der Waals surface area contributed by atoms with Gasteiger partial charge in [0.2, 0.25) is 0 Å². The maximum Gasteiger partial charge on any atom is 0.389 e. The van der Waals surface area contributed by atoms with Gasteiger partial charge in [0.05, 0.1) is 0 Å². The Morgan fingerprint density at radius 2 is 2.16 bits per heavy atom. The number of alkyl halides is 3. The first kappa shape index (κ1) is 14.7. The Hall–Kier alpha value is -0.750. The minimum Gasteiger partial charge on any atom is -0.488 e. The highest BCUT2D eigenvalue weighted by Gasteiger charge is 2.26. The van der Waals surface area contributed by atoms with Gasteiger partial charge in [-0.05, 0) is 36.7 Å². The largest absolute Gasteiger partial charge is 0.488 e. The molecule has 1 aliphatic rings. The third-order valence-corrected chi connectivity index (χ3v) is 3.44. The normalized spacial score (nSPS) is 18.2. The molecule has 0 amide bonds. The minimum absolute atomic E-state index is 0.00943. The van der Waals surface area contributed by atoms with Crippen LogP contribution >= 0.6 is 15.9 Å². The quantitative estimate of drug-likeness (QED) is 0.827. The predicted molar refractivity (Wildman–Crippen MR) is 70.4 cm³/mol. The number of halogens is 4. The Labute approximate surface area is 118 Å². The van der Waals surface area contributed by atoms with E-state index in [0.29, 0.717) is 13.1 Å². The second-order valence-corrected chi connectivity index (χ2v) is 5.53. The molecule has 2 rings (SSSR count). The van der Waals surface area contributed by atoms with Gasteiger partial charge in [-0.15, -0.1) is 0 Å². The summed E-state index contributed by atoms with van der Waals surface area (Å²) in [6, 6.07) is 5.83.